The van der Waals surface area contributed by atoms with Crippen molar-refractivity contribution in [3.8, 4) is 0 Å². The molecule has 0 aromatic rings. The van der Waals surface area contributed by atoms with E-state index in [1.807, 2.05) is 0 Å². The Morgan fingerprint density at radius 3 is 3.00 bits per heavy atom. The van der Waals surface area contributed by atoms with Crippen LogP contribution in [0.15, 0.2) is 0 Å². The first kappa shape index (κ1) is 11.5. The molecule has 1 saturated heterocycles. The standard InChI is InChI=1S/C10H20N2O2/c1-3-9(7-14-2)12-10(13)8-4-5-11-6-8/h8-9,11H,3-7H2,1-2H3,(H,12,13). The first-order valence-electron chi connectivity index (χ1n) is 5.28. The van der Waals surface area contributed by atoms with Gasteiger partial charge in [0.1, 0.15) is 0 Å². The Balaban J connectivity index is 2.29. The number of carbonyl (C=O) groups is 1. The topological polar surface area (TPSA) is 50.4 Å². The molecule has 1 rings (SSSR count). The highest BCUT2D eigenvalue weighted by molar-refractivity contribution is 5.79. The van der Waals surface area contributed by atoms with Crippen molar-refractivity contribution < 1.29 is 9.53 Å². The molecule has 0 aliphatic carbocycles. The molecule has 82 valence electrons. The zero-order valence-corrected chi connectivity index (χ0v) is 9.01. The summed E-state index contributed by atoms with van der Waals surface area (Å²) in [6.45, 7) is 4.42. The molecule has 14 heavy (non-hydrogen) atoms. The number of carbonyl (C=O) groups excluding carboxylic acids is 1. The van der Waals surface area contributed by atoms with Gasteiger partial charge in [-0.3, -0.25) is 4.79 Å². The minimum absolute atomic E-state index is 0.154. The Kier molecular flexibility index (Phi) is 4.90. The minimum atomic E-state index is 0.154. The molecular weight excluding hydrogens is 180 g/mol. The van der Waals surface area contributed by atoms with Crippen LogP contribution in [0.4, 0.5) is 0 Å². The first-order valence-corrected chi connectivity index (χ1v) is 5.28. The summed E-state index contributed by atoms with van der Waals surface area (Å²) in [6.07, 6.45) is 1.87. The van der Waals surface area contributed by atoms with Crippen LogP contribution in [0.2, 0.25) is 0 Å². The van der Waals surface area contributed by atoms with E-state index >= 15 is 0 Å². The Morgan fingerprint density at radius 1 is 1.71 bits per heavy atom. The van der Waals surface area contributed by atoms with Gasteiger partial charge in [0.15, 0.2) is 0 Å². The van der Waals surface area contributed by atoms with Gasteiger partial charge in [-0.25, -0.2) is 0 Å². The van der Waals surface area contributed by atoms with E-state index in [-0.39, 0.29) is 17.9 Å². The van der Waals surface area contributed by atoms with Crippen molar-refractivity contribution in [3.63, 3.8) is 0 Å². The van der Waals surface area contributed by atoms with E-state index in [2.05, 4.69) is 17.6 Å². The maximum atomic E-state index is 11.7. The maximum absolute atomic E-state index is 11.7. The molecular formula is C10H20N2O2. The molecule has 2 atom stereocenters. The van der Waals surface area contributed by atoms with Gasteiger partial charge in [0.25, 0.3) is 0 Å². The maximum Gasteiger partial charge on any atom is 0.224 e. The highest BCUT2D eigenvalue weighted by Gasteiger charge is 2.23. The van der Waals surface area contributed by atoms with Crippen molar-refractivity contribution in [3.05, 3.63) is 0 Å². The second-order valence-corrected chi connectivity index (χ2v) is 3.76. The summed E-state index contributed by atoms with van der Waals surface area (Å²) in [5, 5.41) is 6.19. The summed E-state index contributed by atoms with van der Waals surface area (Å²) in [5.74, 6) is 0.319. The van der Waals surface area contributed by atoms with E-state index in [0.717, 1.165) is 25.9 Å². The smallest absolute Gasteiger partial charge is 0.224 e. The summed E-state index contributed by atoms with van der Waals surface area (Å²) >= 11 is 0. The van der Waals surface area contributed by atoms with Crippen molar-refractivity contribution in [2.75, 3.05) is 26.8 Å². The molecule has 0 saturated carbocycles. The van der Waals surface area contributed by atoms with E-state index in [1.165, 1.54) is 0 Å². The number of methoxy groups -OCH3 is 1. The third kappa shape index (κ3) is 3.27. The predicted molar refractivity (Wildman–Crippen MR) is 55.1 cm³/mol. The van der Waals surface area contributed by atoms with Gasteiger partial charge < -0.3 is 15.4 Å². The van der Waals surface area contributed by atoms with Crippen LogP contribution in [0.5, 0.6) is 0 Å². The molecule has 1 heterocycles. The monoisotopic (exact) mass is 200 g/mol. The van der Waals surface area contributed by atoms with Gasteiger partial charge in [-0.1, -0.05) is 6.92 Å². The van der Waals surface area contributed by atoms with Gasteiger partial charge in [0, 0.05) is 13.7 Å². The fraction of sp³-hybridized carbons (Fsp3) is 0.900. The van der Waals surface area contributed by atoms with Gasteiger partial charge in [0.05, 0.1) is 18.6 Å². The first-order chi connectivity index (χ1) is 6.77. The second-order valence-electron chi connectivity index (χ2n) is 3.76. The van der Waals surface area contributed by atoms with Crippen molar-refractivity contribution in [2.45, 2.75) is 25.8 Å². The Morgan fingerprint density at radius 2 is 2.50 bits per heavy atom. The van der Waals surface area contributed by atoms with Gasteiger partial charge in [-0.15, -0.1) is 0 Å². The van der Waals surface area contributed by atoms with Gasteiger partial charge in [0.2, 0.25) is 5.91 Å². The number of nitrogens with one attached hydrogen (secondary N) is 2. The lowest BCUT2D eigenvalue weighted by Crippen LogP contribution is -2.41. The largest absolute Gasteiger partial charge is 0.383 e. The lowest BCUT2D eigenvalue weighted by molar-refractivity contribution is -0.125. The van der Waals surface area contributed by atoms with Crippen molar-refractivity contribution in [1.29, 1.82) is 0 Å². The number of ether oxygens (including phenoxy) is 1. The fourth-order valence-corrected chi connectivity index (χ4v) is 1.66. The lowest BCUT2D eigenvalue weighted by atomic mass is 10.1. The van der Waals surface area contributed by atoms with Crippen LogP contribution in [-0.4, -0.2) is 38.8 Å². The third-order valence-electron chi connectivity index (χ3n) is 2.64. The Labute approximate surface area is 85.4 Å². The predicted octanol–water partition coefficient (Wildman–Crippen LogP) is 0.137. The molecule has 0 spiro atoms. The molecule has 1 aliphatic heterocycles. The number of rotatable bonds is 5. The third-order valence-corrected chi connectivity index (χ3v) is 2.64. The van der Waals surface area contributed by atoms with Crippen LogP contribution in [0, 0.1) is 5.92 Å². The number of hydrogen-bond donors (Lipinski definition) is 2. The summed E-state index contributed by atoms with van der Waals surface area (Å²) < 4.78 is 5.03. The van der Waals surface area contributed by atoms with Crippen LogP contribution < -0.4 is 10.6 Å². The average molecular weight is 200 g/mol. The van der Waals surface area contributed by atoms with Crippen molar-refractivity contribution in [2.24, 2.45) is 5.92 Å². The normalized spacial score (nSPS) is 23.4. The molecule has 2 unspecified atom stereocenters. The average Bonchev–Trinajstić information content (AvgIpc) is 2.69. The molecule has 0 aromatic carbocycles. The van der Waals surface area contributed by atoms with Crippen LogP contribution in [0.3, 0.4) is 0 Å². The molecule has 0 bridgehead atoms. The van der Waals surface area contributed by atoms with Crippen LogP contribution in [0.25, 0.3) is 0 Å². The van der Waals surface area contributed by atoms with E-state index in [9.17, 15) is 4.79 Å². The molecule has 4 heteroatoms. The summed E-state index contributed by atoms with van der Waals surface area (Å²) in [7, 11) is 1.66. The van der Waals surface area contributed by atoms with Crippen LogP contribution >= 0.6 is 0 Å². The SMILES string of the molecule is CCC(COC)NC(=O)C1CCNC1. The van der Waals surface area contributed by atoms with E-state index < -0.39 is 0 Å². The summed E-state index contributed by atoms with van der Waals surface area (Å²) in [5.41, 5.74) is 0. The minimum Gasteiger partial charge on any atom is -0.383 e. The van der Waals surface area contributed by atoms with Gasteiger partial charge >= 0.3 is 0 Å². The lowest BCUT2D eigenvalue weighted by Gasteiger charge is -2.18. The van der Waals surface area contributed by atoms with E-state index in [0.29, 0.717) is 6.61 Å². The Hall–Kier alpha value is -0.610. The summed E-state index contributed by atoms with van der Waals surface area (Å²) in [6, 6.07) is 0.160. The molecule has 0 radical (unpaired) electrons. The quantitative estimate of drug-likeness (QED) is 0.663. The molecule has 1 amide bonds. The molecule has 4 nitrogen and oxygen atoms in total. The van der Waals surface area contributed by atoms with E-state index in [4.69, 9.17) is 4.74 Å². The van der Waals surface area contributed by atoms with Gasteiger partial charge in [-0.2, -0.15) is 0 Å². The molecule has 0 aromatic heterocycles. The zero-order valence-electron chi connectivity index (χ0n) is 9.01. The number of amides is 1. The van der Waals surface area contributed by atoms with Crippen LogP contribution in [-0.2, 0) is 9.53 Å². The zero-order chi connectivity index (χ0) is 10.4. The summed E-state index contributed by atoms with van der Waals surface area (Å²) in [4.78, 5) is 11.7. The second kappa shape index (κ2) is 5.98. The molecule has 2 N–H and O–H groups in total. The Bertz CT molecular complexity index is 179. The molecule has 1 aliphatic rings. The molecule has 1 fully saturated rings. The van der Waals surface area contributed by atoms with Crippen molar-refractivity contribution in [1.82, 2.24) is 10.6 Å². The van der Waals surface area contributed by atoms with Crippen LogP contribution in [0.1, 0.15) is 19.8 Å². The highest BCUT2D eigenvalue weighted by atomic mass is 16.5. The number of hydrogen-bond acceptors (Lipinski definition) is 3. The van der Waals surface area contributed by atoms with Crippen molar-refractivity contribution >= 4 is 5.91 Å². The fourth-order valence-electron chi connectivity index (χ4n) is 1.66. The van der Waals surface area contributed by atoms with Gasteiger partial charge in [-0.05, 0) is 19.4 Å². The highest BCUT2D eigenvalue weighted by Crippen LogP contribution is 2.07. The van der Waals surface area contributed by atoms with E-state index in [1.54, 1.807) is 7.11 Å².